The summed E-state index contributed by atoms with van der Waals surface area (Å²) in [5.74, 6) is 0.517. The Morgan fingerprint density at radius 3 is 2.36 bits per heavy atom. The van der Waals surface area contributed by atoms with Crippen molar-refractivity contribution in [2.75, 3.05) is 35.2 Å². The van der Waals surface area contributed by atoms with E-state index in [1.807, 2.05) is 12.1 Å². The molecule has 2 aromatic rings. The van der Waals surface area contributed by atoms with Gasteiger partial charge in [0, 0.05) is 49.8 Å². The smallest absolute Gasteiger partial charge is 0.226 e. The summed E-state index contributed by atoms with van der Waals surface area (Å²) in [4.78, 5) is 22.6. The van der Waals surface area contributed by atoms with Gasteiger partial charge in [-0.25, -0.2) is 9.97 Å². The van der Waals surface area contributed by atoms with Crippen LogP contribution >= 0.6 is 0 Å². The van der Waals surface area contributed by atoms with E-state index in [9.17, 15) is 4.79 Å². The average Bonchev–Trinajstić information content (AvgIpc) is 2.93. The van der Waals surface area contributed by atoms with Gasteiger partial charge in [-0.2, -0.15) is 0 Å². The van der Waals surface area contributed by atoms with Crippen LogP contribution in [0.15, 0.2) is 42.7 Å². The fraction of sp³-hybridized carbons (Fsp3) is 0.421. The second-order valence-corrected chi connectivity index (χ2v) is 6.25. The third kappa shape index (κ3) is 5.45. The van der Waals surface area contributed by atoms with Gasteiger partial charge in [0.15, 0.2) is 0 Å². The van der Waals surface area contributed by atoms with E-state index in [1.54, 1.807) is 18.5 Å². The van der Waals surface area contributed by atoms with Crippen molar-refractivity contribution >= 4 is 23.2 Å². The Bertz CT molecular complexity index is 651. The molecular weight excluding hydrogens is 314 g/mol. The quantitative estimate of drug-likeness (QED) is 0.845. The van der Waals surface area contributed by atoms with Crippen LogP contribution in [0.2, 0.25) is 0 Å². The lowest BCUT2D eigenvalue weighted by atomic mass is 10.2. The lowest BCUT2D eigenvalue weighted by Gasteiger charge is -2.22. The highest BCUT2D eigenvalue weighted by molar-refractivity contribution is 5.91. The molecule has 1 aliphatic rings. The molecule has 0 bridgehead atoms. The third-order valence-electron chi connectivity index (χ3n) is 4.32. The molecule has 132 valence electrons. The number of benzene rings is 1. The van der Waals surface area contributed by atoms with Gasteiger partial charge < -0.3 is 15.5 Å². The Morgan fingerprint density at radius 2 is 1.68 bits per heavy atom. The zero-order chi connectivity index (χ0) is 17.3. The van der Waals surface area contributed by atoms with Crippen LogP contribution < -0.4 is 15.5 Å². The lowest BCUT2D eigenvalue weighted by Crippen LogP contribution is -2.23. The molecule has 1 aromatic carbocycles. The molecule has 2 heterocycles. The first-order chi connectivity index (χ1) is 12.3. The number of aromatic nitrogens is 2. The second-order valence-electron chi connectivity index (χ2n) is 6.25. The van der Waals surface area contributed by atoms with Crippen LogP contribution in [-0.4, -0.2) is 35.5 Å². The van der Waals surface area contributed by atoms with Crippen LogP contribution in [0.25, 0.3) is 0 Å². The van der Waals surface area contributed by atoms with Gasteiger partial charge >= 0.3 is 0 Å². The van der Waals surface area contributed by atoms with Gasteiger partial charge in [-0.05, 0) is 43.2 Å². The van der Waals surface area contributed by atoms with Crippen molar-refractivity contribution in [2.45, 2.75) is 32.1 Å². The molecule has 6 heteroatoms. The monoisotopic (exact) mass is 339 g/mol. The number of nitrogens with one attached hydrogen (secondary N) is 2. The zero-order valence-corrected chi connectivity index (χ0v) is 14.4. The molecule has 1 aliphatic heterocycles. The number of anilines is 3. The van der Waals surface area contributed by atoms with Crippen LogP contribution in [0, 0.1) is 0 Å². The lowest BCUT2D eigenvalue weighted by molar-refractivity contribution is -0.115. The number of hydrogen-bond acceptors (Lipinski definition) is 5. The number of hydrogen-bond donors (Lipinski definition) is 2. The Labute approximate surface area is 148 Å². The first-order valence-corrected chi connectivity index (χ1v) is 8.97. The highest BCUT2D eigenvalue weighted by atomic mass is 16.1. The van der Waals surface area contributed by atoms with Gasteiger partial charge in [0.1, 0.15) is 0 Å². The molecular formula is C19H25N5O. The summed E-state index contributed by atoms with van der Waals surface area (Å²) < 4.78 is 0. The summed E-state index contributed by atoms with van der Waals surface area (Å²) in [5, 5.41) is 5.96. The Kier molecular flexibility index (Phi) is 6.20. The fourth-order valence-electron chi connectivity index (χ4n) is 2.99. The van der Waals surface area contributed by atoms with Crippen molar-refractivity contribution in [3.05, 3.63) is 42.7 Å². The van der Waals surface area contributed by atoms with Gasteiger partial charge in [0.2, 0.25) is 11.9 Å². The van der Waals surface area contributed by atoms with Gasteiger partial charge in [0.25, 0.3) is 0 Å². The van der Waals surface area contributed by atoms with Crippen LogP contribution in [0.3, 0.4) is 0 Å². The van der Waals surface area contributed by atoms with E-state index in [4.69, 9.17) is 0 Å². The van der Waals surface area contributed by atoms with E-state index >= 15 is 0 Å². The Balaban J connectivity index is 1.45. The van der Waals surface area contributed by atoms with Gasteiger partial charge in [-0.3, -0.25) is 4.79 Å². The van der Waals surface area contributed by atoms with Crippen LogP contribution in [-0.2, 0) is 4.79 Å². The van der Waals surface area contributed by atoms with Crippen molar-refractivity contribution in [2.24, 2.45) is 0 Å². The minimum atomic E-state index is -0.0223. The maximum atomic E-state index is 12.0. The van der Waals surface area contributed by atoms with Crippen molar-refractivity contribution < 1.29 is 4.79 Å². The molecule has 2 N–H and O–H groups in total. The number of rotatable bonds is 6. The largest absolute Gasteiger partial charge is 0.372 e. The molecule has 0 atom stereocenters. The fourth-order valence-corrected chi connectivity index (χ4v) is 2.99. The average molecular weight is 339 g/mol. The topological polar surface area (TPSA) is 70.1 Å². The van der Waals surface area contributed by atoms with Crippen molar-refractivity contribution in [3.63, 3.8) is 0 Å². The summed E-state index contributed by atoms with van der Waals surface area (Å²) in [6.45, 7) is 2.75. The van der Waals surface area contributed by atoms with E-state index in [0.717, 1.165) is 18.8 Å². The molecule has 0 radical (unpaired) electrons. The van der Waals surface area contributed by atoms with Gasteiger partial charge in [-0.15, -0.1) is 0 Å². The van der Waals surface area contributed by atoms with Gasteiger partial charge in [0.05, 0.1) is 0 Å². The van der Waals surface area contributed by atoms with E-state index < -0.39 is 0 Å². The summed E-state index contributed by atoms with van der Waals surface area (Å²) in [6, 6.07) is 9.90. The van der Waals surface area contributed by atoms with Crippen molar-refractivity contribution in [3.8, 4) is 0 Å². The number of amides is 1. The Morgan fingerprint density at radius 1 is 1.00 bits per heavy atom. The standard InChI is InChI=1S/C19H25N5O/c25-18(10-13-22-19-20-11-5-12-21-19)23-16-6-8-17(9-7-16)24-14-3-1-2-4-15-24/h5-9,11-12H,1-4,10,13-15H2,(H,23,25)(H,20,21,22). The normalized spacial score (nSPS) is 14.6. The molecule has 0 unspecified atom stereocenters. The molecule has 1 amide bonds. The van der Waals surface area contributed by atoms with E-state index in [1.165, 1.54) is 31.4 Å². The molecule has 0 aliphatic carbocycles. The van der Waals surface area contributed by atoms with E-state index in [2.05, 4.69) is 37.6 Å². The summed E-state index contributed by atoms with van der Waals surface area (Å²) in [7, 11) is 0. The van der Waals surface area contributed by atoms with Crippen molar-refractivity contribution in [1.29, 1.82) is 0 Å². The molecule has 0 spiro atoms. The molecule has 1 saturated heterocycles. The first kappa shape index (κ1) is 17.2. The predicted octanol–water partition coefficient (Wildman–Crippen LogP) is 3.30. The maximum Gasteiger partial charge on any atom is 0.226 e. The second kappa shape index (κ2) is 9.01. The highest BCUT2D eigenvalue weighted by Crippen LogP contribution is 2.21. The number of nitrogens with zero attached hydrogens (tertiary/aromatic N) is 3. The summed E-state index contributed by atoms with van der Waals surface area (Å²) >= 11 is 0. The van der Waals surface area contributed by atoms with Gasteiger partial charge in [-0.1, -0.05) is 12.8 Å². The maximum absolute atomic E-state index is 12.0. The molecule has 1 aromatic heterocycles. The SMILES string of the molecule is O=C(CCNc1ncccn1)Nc1ccc(N2CCCCCC2)cc1. The van der Waals surface area contributed by atoms with Crippen molar-refractivity contribution in [1.82, 2.24) is 9.97 Å². The molecule has 0 saturated carbocycles. The van der Waals surface area contributed by atoms with Crippen LogP contribution in [0.1, 0.15) is 32.1 Å². The highest BCUT2D eigenvalue weighted by Gasteiger charge is 2.10. The minimum Gasteiger partial charge on any atom is -0.372 e. The molecule has 25 heavy (non-hydrogen) atoms. The summed E-state index contributed by atoms with van der Waals surface area (Å²) in [5.41, 5.74) is 2.07. The predicted molar refractivity (Wildman–Crippen MR) is 101 cm³/mol. The van der Waals surface area contributed by atoms with E-state index in [-0.39, 0.29) is 5.91 Å². The molecule has 1 fully saturated rings. The first-order valence-electron chi connectivity index (χ1n) is 8.97. The molecule has 3 rings (SSSR count). The third-order valence-corrected chi connectivity index (χ3v) is 4.32. The molecule has 6 nitrogen and oxygen atoms in total. The minimum absolute atomic E-state index is 0.0223. The Hall–Kier alpha value is -2.63. The summed E-state index contributed by atoms with van der Waals surface area (Å²) in [6.07, 6.45) is 8.88. The van der Waals surface area contributed by atoms with Crippen LogP contribution in [0.5, 0.6) is 0 Å². The zero-order valence-electron chi connectivity index (χ0n) is 14.4. The number of carbonyl (C=O) groups excluding carboxylic acids is 1. The van der Waals surface area contributed by atoms with E-state index in [0.29, 0.717) is 18.9 Å². The number of carbonyl (C=O) groups is 1. The van der Waals surface area contributed by atoms with Crippen LogP contribution in [0.4, 0.5) is 17.3 Å².